The third kappa shape index (κ3) is 3.42. The van der Waals surface area contributed by atoms with Gasteiger partial charge in [-0.05, 0) is 18.6 Å². The molecule has 0 radical (unpaired) electrons. The number of esters is 1. The summed E-state index contributed by atoms with van der Waals surface area (Å²) >= 11 is 0. The van der Waals surface area contributed by atoms with Gasteiger partial charge >= 0.3 is 5.97 Å². The van der Waals surface area contributed by atoms with E-state index >= 15 is 0 Å². The molecule has 0 aromatic heterocycles. The zero-order valence-electron chi connectivity index (χ0n) is 7.82. The molecular formula is C10H14O2Si. The average molecular weight is 194 g/mol. The quantitative estimate of drug-likeness (QED) is 0.406. The van der Waals surface area contributed by atoms with Crippen LogP contribution in [0.5, 0.6) is 0 Å². The Morgan fingerprint density at radius 1 is 1.31 bits per heavy atom. The largest absolute Gasteiger partial charge is 0.462 e. The Morgan fingerprint density at radius 2 is 2.00 bits per heavy atom. The summed E-state index contributed by atoms with van der Waals surface area (Å²) in [7, 11) is 1.18. The molecule has 0 N–H and O–H groups in total. The predicted octanol–water partition coefficient (Wildman–Crippen LogP) is 1.02. The molecule has 3 heteroatoms. The van der Waals surface area contributed by atoms with E-state index in [1.807, 2.05) is 18.2 Å². The van der Waals surface area contributed by atoms with Gasteiger partial charge in [0, 0.05) is 10.2 Å². The molecule has 0 amide bonds. The molecule has 0 aliphatic heterocycles. The van der Waals surface area contributed by atoms with Crippen LogP contribution in [0, 0.1) is 0 Å². The van der Waals surface area contributed by atoms with Crippen LogP contribution in [0.15, 0.2) is 30.3 Å². The molecule has 1 rings (SSSR count). The highest BCUT2D eigenvalue weighted by Crippen LogP contribution is 2.01. The predicted molar refractivity (Wildman–Crippen MR) is 56.1 cm³/mol. The number of carbonyl (C=O) groups excluding carboxylic acids is 1. The van der Waals surface area contributed by atoms with E-state index in [0.717, 1.165) is 6.42 Å². The van der Waals surface area contributed by atoms with E-state index in [2.05, 4.69) is 0 Å². The van der Waals surface area contributed by atoms with E-state index < -0.39 is 0 Å². The van der Waals surface area contributed by atoms with Crippen molar-refractivity contribution in [3.63, 3.8) is 0 Å². The van der Waals surface area contributed by atoms with Gasteiger partial charge < -0.3 is 4.74 Å². The molecule has 1 aromatic carbocycles. The fraction of sp³-hybridized carbons (Fsp3) is 0.300. The van der Waals surface area contributed by atoms with Crippen LogP contribution in [-0.2, 0) is 4.74 Å². The minimum Gasteiger partial charge on any atom is -0.462 e. The van der Waals surface area contributed by atoms with Crippen LogP contribution in [0.2, 0.25) is 6.04 Å². The van der Waals surface area contributed by atoms with E-state index in [1.54, 1.807) is 12.1 Å². The van der Waals surface area contributed by atoms with Crippen molar-refractivity contribution in [3.8, 4) is 0 Å². The Morgan fingerprint density at radius 3 is 2.62 bits per heavy atom. The maximum atomic E-state index is 11.3. The molecule has 0 aliphatic rings. The maximum absolute atomic E-state index is 11.3. The molecule has 0 spiro atoms. The van der Waals surface area contributed by atoms with Gasteiger partial charge in [-0.25, -0.2) is 4.79 Å². The second-order valence-electron chi connectivity index (χ2n) is 2.86. The first-order chi connectivity index (χ1) is 6.34. The molecule has 0 bridgehead atoms. The van der Waals surface area contributed by atoms with Crippen LogP contribution >= 0.6 is 0 Å². The van der Waals surface area contributed by atoms with Crippen LogP contribution in [0.3, 0.4) is 0 Å². The molecule has 2 nitrogen and oxygen atoms in total. The van der Waals surface area contributed by atoms with E-state index in [9.17, 15) is 4.79 Å². The molecule has 0 saturated carbocycles. The lowest BCUT2D eigenvalue weighted by Crippen LogP contribution is -2.05. The van der Waals surface area contributed by atoms with E-state index in [-0.39, 0.29) is 5.97 Å². The van der Waals surface area contributed by atoms with E-state index in [1.165, 1.54) is 16.3 Å². The third-order valence-corrected chi connectivity index (χ3v) is 2.45. The highest BCUT2D eigenvalue weighted by Gasteiger charge is 2.03. The van der Waals surface area contributed by atoms with Gasteiger partial charge in [-0.2, -0.15) is 0 Å². The summed E-state index contributed by atoms with van der Waals surface area (Å²) in [5.74, 6) is -0.212. The average Bonchev–Trinajstić information content (AvgIpc) is 2.19. The first-order valence-corrected chi connectivity index (χ1v) is 5.98. The van der Waals surface area contributed by atoms with Gasteiger partial charge in [0.05, 0.1) is 12.2 Å². The van der Waals surface area contributed by atoms with Crippen molar-refractivity contribution in [1.82, 2.24) is 0 Å². The summed E-state index contributed by atoms with van der Waals surface area (Å²) in [6.07, 6.45) is 0.991. The normalized spacial score (nSPS) is 9.85. The summed E-state index contributed by atoms with van der Waals surface area (Å²) in [4.78, 5) is 11.3. The zero-order valence-corrected chi connectivity index (χ0v) is 9.82. The smallest absolute Gasteiger partial charge is 0.338 e. The minimum absolute atomic E-state index is 0.212. The highest BCUT2D eigenvalue weighted by atomic mass is 28.1. The molecule has 13 heavy (non-hydrogen) atoms. The maximum Gasteiger partial charge on any atom is 0.338 e. The number of carbonyl (C=O) groups is 1. The van der Waals surface area contributed by atoms with Crippen molar-refractivity contribution in [2.45, 2.75) is 12.5 Å². The Kier molecular flexibility index (Phi) is 4.25. The SMILES string of the molecule is O=C(OCCC[SiH3])c1ccccc1. The van der Waals surface area contributed by atoms with Gasteiger partial charge in [-0.3, -0.25) is 0 Å². The molecule has 0 fully saturated rings. The van der Waals surface area contributed by atoms with Crippen LogP contribution in [0.1, 0.15) is 16.8 Å². The van der Waals surface area contributed by atoms with Crippen molar-refractivity contribution in [3.05, 3.63) is 35.9 Å². The van der Waals surface area contributed by atoms with Crippen LogP contribution in [0.25, 0.3) is 0 Å². The summed E-state index contributed by atoms with van der Waals surface area (Å²) in [5, 5.41) is 0. The monoisotopic (exact) mass is 194 g/mol. The van der Waals surface area contributed by atoms with Crippen molar-refractivity contribution in [2.75, 3.05) is 6.61 Å². The van der Waals surface area contributed by atoms with E-state index in [0.29, 0.717) is 12.2 Å². The topological polar surface area (TPSA) is 26.3 Å². The number of benzene rings is 1. The van der Waals surface area contributed by atoms with Crippen molar-refractivity contribution in [1.29, 1.82) is 0 Å². The molecule has 0 saturated heterocycles. The fourth-order valence-corrected chi connectivity index (χ4v) is 1.26. The van der Waals surface area contributed by atoms with Gasteiger partial charge in [0.1, 0.15) is 0 Å². The molecule has 70 valence electrons. The summed E-state index contributed by atoms with van der Waals surface area (Å²) in [6.45, 7) is 0.553. The second kappa shape index (κ2) is 5.53. The van der Waals surface area contributed by atoms with Crippen molar-refractivity contribution >= 4 is 16.2 Å². The zero-order chi connectivity index (χ0) is 9.52. The third-order valence-electron chi connectivity index (χ3n) is 1.74. The molecule has 0 unspecified atom stereocenters. The molecular weight excluding hydrogens is 180 g/mol. The summed E-state index contributed by atoms with van der Waals surface area (Å²) in [5.41, 5.74) is 0.635. The highest BCUT2D eigenvalue weighted by molar-refractivity contribution is 6.08. The Labute approximate surface area is 81.3 Å². The summed E-state index contributed by atoms with van der Waals surface area (Å²) < 4.78 is 5.05. The first kappa shape index (κ1) is 9.99. The number of ether oxygens (including phenoxy) is 1. The Balaban J connectivity index is 2.40. The molecule has 0 atom stereocenters. The van der Waals surface area contributed by atoms with Gasteiger partial charge in [0.2, 0.25) is 0 Å². The second-order valence-corrected chi connectivity index (χ2v) is 3.86. The van der Waals surface area contributed by atoms with Gasteiger partial charge in [0.25, 0.3) is 0 Å². The Hall–Kier alpha value is -1.09. The number of rotatable bonds is 4. The van der Waals surface area contributed by atoms with Crippen molar-refractivity contribution < 1.29 is 9.53 Å². The lowest BCUT2D eigenvalue weighted by atomic mass is 10.2. The Bertz CT molecular complexity index is 259. The lowest BCUT2D eigenvalue weighted by Gasteiger charge is -2.02. The van der Waals surface area contributed by atoms with Crippen LogP contribution in [-0.4, -0.2) is 22.8 Å². The molecule has 0 heterocycles. The molecule has 1 aromatic rings. The minimum atomic E-state index is -0.212. The van der Waals surface area contributed by atoms with Gasteiger partial charge in [-0.15, -0.1) is 0 Å². The van der Waals surface area contributed by atoms with Crippen LogP contribution in [0.4, 0.5) is 0 Å². The van der Waals surface area contributed by atoms with Crippen LogP contribution < -0.4 is 0 Å². The number of hydrogen-bond donors (Lipinski definition) is 0. The molecule has 0 aliphatic carbocycles. The van der Waals surface area contributed by atoms with Crippen molar-refractivity contribution in [2.24, 2.45) is 0 Å². The summed E-state index contributed by atoms with van der Waals surface area (Å²) in [6, 6.07) is 10.3. The first-order valence-electron chi connectivity index (χ1n) is 4.56. The van der Waals surface area contributed by atoms with Gasteiger partial charge in [-0.1, -0.05) is 24.2 Å². The lowest BCUT2D eigenvalue weighted by molar-refractivity contribution is 0.0505. The van der Waals surface area contributed by atoms with E-state index in [4.69, 9.17) is 4.74 Å². The number of hydrogen-bond acceptors (Lipinski definition) is 2. The fourth-order valence-electron chi connectivity index (χ4n) is 0.967. The van der Waals surface area contributed by atoms with Gasteiger partial charge in [0.15, 0.2) is 0 Å². The standard InChI is InChI=1S/C10H14O2Si/c11-10(12-7-4-8-13)9-5-2-1-3-6-9/h1-3,5-6H,4,7-8H2,13H3.